The highest BCUT2D eigenvalue weighted by molar-refractivity contribution is 5.84. The van der Waals surface area contributed by atoms with Crippen LogP contribution in [0.5, 0.6) is 0 Å². The van der Waals surface area contributed by atoms with Gasteiger partial charge in [0, 0.05) is 5.69 Å². The van der Waals surface area contributed by atoms with Crippen molar-refractivity contribution >= 4 is 11.8 Å². The van der Waals surface area contributed by atoms with Gasteiger partial charge in [0.1, 0.15) is 0 Å². The molecule has 0 aromatic heterocycles. The number of benzene rings is 1. The molecular weight excluding hydrogens is 250 g/mol. The van der Waals surface area contributed by atoms with Gasteiger partial charge in [-0.15, -0.1) is 0 Å². The Kier molecular flexibility index (Phi) is 7.78. The lowest BCUT2D eigenvalue weighted by Crippen LogP contribution is -2.15. The zero-order chi connectivity index (χ0) is 14.8. The average molecular weight is 277 g/mol. The van der Waals surface area contributed by atoms with E-state index in [1.54, 1.807) is 0 Å². The van der Waals surface area contributed by atoms with Gasteiger partial charge in [-0.3, -0.25) is 5.32 Å². The summed E-state index contributed by atoms with van der Waals surface area (Å²) in [5, 5.41) is 2.71. The molecule has 0 aliphatic carbocycles. The lowest BCUT2D eigenvalue weighted by Gasteiger charge is -2.12. The van der Waals surface area contributed by atoms with Crippen molar-refractivity contribution in [2.45, 2.75) is 46.5 Å². The highest BCUT2D eigenvalue weighted by Gasteiger charge is 2.06. The minimum absolute atomic E-state index is 0.370. The molecule has 0 saturated carbocycles. The van der Waals surface area contributed by atoms with Gasteiger partial charge in [0.25, 0.3) is 0 Å². The van der Waals surface area contributed by atoms with Crippen molar-refractivity contribution in [3.05, 3.63) is 30.3 Å². The maximum absolute atomic E-state index is 11.6. The molecule has 1 rings (SSSR count). The minimum Gasteiger partial charge on any atom is -0.449 e. The van der Waals surface area contributed by atoms with Gasteiger partial charge in [-0.05, 0) is 30.4 Å². The Hall–Kier alpha value is -1.51. The number of carbonyl (C=O) groups excluding carboxylic acids is 1. The molecule has 112 valence electrons. The van der Waals surface area contributed by atoms with Crippen LogP contribution in [0.3, 0.4) is 0 Å². The molecule has 0 spiro atoms. The van der Waals surface area contributed by atoms with Crippen molar-refractivity contribution in [1.29, 1.82) is 0 Å². The zero-order valence-corrected chi connectivity index (χ0v) is 12.9. The van der Waals surface area contributed by atoms with Crippen LogP contribution in [-0.4, -0.2) is 12.7 Å². The summed E-state index contributed by atoms with van der Waals surface area (Å²) in [5.41, 5.74) is 0.766. The van der Waals surface area contributed by atoms with Crippen LogP contribution in [0.15, 0.2) is 30.3 Å². The molecule has 0 fully saturated rings. The zero-order valence-electron chi connectivity index (χ0n) is 12.9. The van der Waals surface area contributed by atoms with E-state index in [1.807, 2.05) is 30.3 Å². The Balaban J connectivity index is 2.09. The number of ether oxygens (including phenoxy) is 1. The molecule has 0 heterocycles. The predicted molar refractivity (Wildman–Crippen MR) is 83.9 cm³/mol. The number of carbonyl (C=O) groups is 1. The molecule has 1 unspecified atom stereocenters. The molecule has 1 amide bonds. The van der Waals surface area contributed by atoms with Crippen molar-refractivity contribution < 1.29 is 9.53 Å². The monoisotopic (exact) mass is 277 g/mol. The lowest BCUT2D eigenvalue weighted by molar-refractivity contribution is 0.153. The summed E-state index contributed by atoms with van der Waals surface area (Å²) in [6.07, 6.45) is 4.31. The van der Waals surface area contributed by atoms with Crippen LogP contribution in [0, 0.1) is 11.8 Å². The van der Waals surface area contributed by atoms with E-state index < -0.39 is 0 Å². The van der Waals surface area contributed by atoms with E-state index in [4.69, 9.17) is 4.74 Å². The summed E-state index contributed by atoms with van der Waals surface area (Å²) in [7, 11) is 0. The van der Waals surface area contributed by atoms with Gasteiger partial charge in [0.15, 0.2) is 0 Å². The first kappa shape index (κ1) is 16.5. The molecule has 1 aromatic rings. The first-order valence-corrected chi connectivity index (χ1v) is 7.56. The molecule has 1 N–H and O–H groups in total. The third-order valence-electron chi connectivity index (χ3n) is 3.34. The Morgan fingerprint density at radius 1 is 1.10 bits per heavy atom. The quantitative estimate of drug-likeness (QED) is 0.719. The second-order valence-corrected chi connectivity index (χ2v) is 5.85. The van der Waals surface area contributed by atoms with Gasteiger partial charge in [-0.1, -0.05) is 58.2 Å². The fraction of sp³-hybridized carbons (Fsp3) is 0.588. The van der Waals surface area contributed by atoms with Crippen LogP contribution in [-0.2, 0) is 4.74 Å². The van der Waals surface area contributed by atoms with E-state index in [1.165, 1.54) is 19.3 Å². The van der Waals surface area contributed by atoms with Gasteiger partial charge < -0.3 is 4.74 Å². The third-order valence-corrected chi connectivity index (χ3v) is 3.34. The van der Waals surface area contributed by atoms with E-state index in [9.17, 15) is 4.79 Å². The summed E-state index contributed by atoms with van der Waals surface area (Å²) in [6, 6.07) is 9.36. The Bertz CT molecular complexity index is 376. The highest BCUT2D eigenvalue weighted by Crippen LogP contribution is 2.15. The first-order chi connectivity index (χ1) is 9.58. The Labute approximate surface area is 122 Å². The SMILES string of the molecule is CC(C)CCCC(C)CCOC(=O)Nc1ccccc1. The molecule has 0 aliphatic heterocycles. The number of amides is 1. The molecule has 3 nitrogen and oxygen atoms in total. The third kappa shape index (κ3) is 7.82. The number of hydrogen-bond acceptors (Lipinski definition) is 2. The van der Waals surface area contributed by atoms with Crippen LogP contribution < -0.4 is 5.32 Å². The second kappa shape index (κ2) is 9.40. The maximum Gasteiger partial charge on any atom is 0.411 e. The van der Waals surface area contributed by atoms with Crippen LogP contribution in [0.1, 0.15) is 46.5 Å². The molecule has 1 aromatic carbocycles. The van der Waals surface area contributed by atoms with Gasteiger partial charge >= 0.3 is 6.09 Å². The molecule has 1 atom stereocenters. The van der Waals surface area contributed by atoms with Gasteiger partial charge in [-0.25, -0.2) is 4.79 Å². The van der Waals surface area contributed by atoms with Crippen LogP contribution in [0.2, 0.25) is 0 Å². The molecule has 0 saturated heterocycles. The van der Waals surface area contributed by atoms with Crippen molar-refractivity contribution in [1.82, 2.24) is 0 Å². The number of hydrogen-bond donors (Lipinski definition) is 1. The van der Waals surface area contributed by atoms with Crippen LogP contribution >= 0.6 is 0 Å². The van der Waals surface area contributed by atoms with Gasteiger partial charge in [0.05, 0.1) is 6.61 Å². The van der Waals surface area contributed by atoms with Crippen molar-refractivity contribution in [2.24, 2.45) is 11.8 Å². The van der Waals surface area contributed by atoms with Crippen molar-refractivity contribution in [3.8, 4) is 0 Å². The van der Waals surface area contributed by atoms with Crippen molar-refractivity contribution in [3.63, 3.8) is 0 Å². The molecule has 20 heavy (non-hydrogen) atoms. The smallest absolute Gasteiger partial charge is 0.411 e. The maximum atomic E-state index is 11.6. The van der Waals surface area contributed by atoms with Gasteiger partial charge in [-0.2, -0.15) is 0 Å². The second-order valence-electron chi connectivity index (χ2n) is 5.85. The molecule has 0 radical (unpaired) electrons. The number of nitrogens with one attached hydrogen (secondary N) is 1. The van der Waals surface area contributed by atoms with E-state index in [0.717, 1.165) is 18.0 Å². The largest absolute Gasteiger partial charge is 0.449 e. The number of rotatable bonds is 8. The molecule has 0 bridgehead atoms. The van der Waals surface area contributed by atoms with Crippen molar-refractivity contribution in [2.75, 3.05) is 11.9 Å². The fourth-order valence-electron chi connectivity index (χ4n) is 2.05. The summed E-state index contributed by atoms with van der Waals surface area (Å²) in [4.78, 5) is 11.6. The van der Waals surface area contributed by atoms with E-state index in [-0.39, 0.29) is 6.09 Å². The first-order valence-electron chi connectivity index (χ1n) is 7.56. The lowest BCUT2D eigenvalue weighted by atomic mass is 9.98. The topological polar surface area (TPSA) is 38.3 Å². The molecular formula is C17H27NO2. The summed E-state index contributed by atoms with van der Waals surface area (Å²) in [5.74, 6) is 1.38. The molecule has 3 heteroatoms. The van der Waals surface area contributed by atoms with Gasteiger partial charge in [0.2, 0.25) is 0 Å². The highest BCUT2D eigenvalue weighted by atomic mass is 16.5. The number of anilines is 1. The summed E-state index contributed by atoms with van der Waals surface area (Å²) in [6.45, 7) is 7.21. The summed E-state index contributed by atoms with van der Waals surface area (Å²) >= 11 is 0. The van der Waals surface area contributed by atoms with Crippen LogP contribution in [0.4, 0.5) is 10.5 Å². The Morgan fingerprint density at radius 3 is 2.45 bits per heavy atom. The minimum atomic E-state index is -0.370. The Morgan fingerprint density at radius 2 is 1.80 bits per heavy atom. The standard InChI is InChI=1S/C17H27NO2/c1-14(2)8-7-9-15(3)12-13-20-17(19)18-16-10-5-4-6-11-16/h4-6,10-11,14-15H,7-9,12-13H2,1-3H3,(H,18,19). The average Bonchev–Trinajstić information content (AvgIpc) is 2.39. The fourth-order valence-corrected chi connectivity index (χ4v) is 2.05. The number of para-hydroxylation sites is 1. The van der Waals surface area contributed by atoms with E-state index in [0.29, 0.717) is 12.5 Å². The van der Waals surface area contributed by atoms with E-state index >= 15 is 0 Å². The van der Waals surface area contributed by atoms with E-state index in [2.05, 4.69) is 26.1 Å². The van der Waals surface area contributed by atoms with Crippen LogP contribution in [0.25, 0.3) is 0 Å². The summed E-state index contributed by atoms with van der Waals surface area (Å²) < 4.78 is 5.19. The predicted octanol–water partition coefficient (Wildman–Crippen LogP) is 5.09. The molecule has 0 aliphatic rings. The normalized spacial score (nSPS) is 12.2.